The number of aliphatic carboxylic acids is 1. The Morgan fingerprint density at radius 1 is 1.12 bits per heavy atom. The van der Waals surface area contributed by atoms with E-state index in [0.717, 1.165) is 50.3 Å². The van der Waals surface area contributed by atoms with Crippen LogP contribution in [0.4, 0.5) is 10.6 Å². The molecule has 0 radical (unpaired) electrons. The molecule has 0 aliphatic rings. The Morgan fingerprint density at radius 2 is 1.85 bits per heavy atom. The van der Waals surface area contributed by atoms with Gasteiger partial charge in [0, 0.05) is 46.0 Å². The SMILES string of the molecule is CCc1ccc(CCCCN(CCOC)CCC(NC(=O)N(CC)CC)C(=O)O)nc1NC. The van der Waals surface area contributed by atoms with Gasteiger partial charge in [0.15, 0.2) is 0 Å². The summed E-state index contributed by atoms with van der Waals surface area (Å²) in [4.78, 5) is 32.5. The fourth-order valence-corrected chi connectivity index (χ4v) is 3.69. The normalized spacial score (nSPS) is 11.9. The standard InChI is InChI=1S/C24H43N5O4/c1-6-19-12-13-20(26-22(19)25-4)11-9-10-15-28(17-18-33-5)16-14-21(23(30)31)27-24(32)29(7-2)8-3/h12-13,21H,6-11,14-18H2,1-5H3,(H,25,26)(H,27,32)(H,30,31). The highest BCUT2D eigenvalue weighted by molar-refractivity contribution is 5.82. The van der Waals surface area contributed by atoms with E-state index in [0.29, 0.717) is 32.7 Å². The predicted molar refractivity (Wildman–Crippen MR) is 132 cm³/mol. The molecule has 1 atom stereocenters. The number of urea groups is 1. The van der Waals surface area contributed by atoms with Gasteiger partial charge in [0.2, 0.25) is 0 Å². The van der Waals surface area contributed by atoms with Gasteiger partial charge in [-0.15, -0.1) is 0 Å². The fourth-order valence-electron chi connectivity index (χ4n) is 3.69. The van der Waals surface area contributed by atoms with Crippen LogP contribution < -0.4 is 10.6 Å². The number of hydrogen-bond acceptors (Lipinski definition) is 6. The van der Waals surface area contributed by atoms with E-state index in [1.54, 1.807) is 12.0 Å². The zero-order valence-electron chi connectivity index (χ0n) is 21.0. The van der Waals surface area contributed by atoms with Crippen molar-refractivity contribution in [1.29, 1.82) is 0 Å². The molecule has 2 amide bonds. The van der Waals surface area contributed by atoms with Gasteiger partial charge in [-0.2, -0.15) is 0 Å². The van der Waals surface area contributed by atoms with Crippen LogP contribution in [0.25, 0.3) is 0 Å². The lowest BCUT2D eigenvalue weighted by molar-refractivity contribution is -0.139. The summed E-state index contributed by atoms with van der Waals surface area (Å²) in [6, 6.07) is 2.98. The molecule has 0 aromatic carbocycles. The van der Waals surface area contributed by atoms with Gasteiger partial charge in [0.1, 0.15) is 11.9 Å². The molecular formula is C24H43N5O4. The van der Waals surface area contributed by atoms with Crippen molar-refractivity contribution in [3.05, 3.63) is 23.4 Å². The molecule has 0 saturated carbocycles. The highest BCUT2D eigenvalue weighted by atomic mass is 16.5. The molecule has 188 valence electrons. The second-order valence-corrected chi connectivity index (χ2v) is 8.01. The largest absolute Gasteiger partial charge is 0.480 e. The lowest BCUT2D eigenvalue weighted by Crippen LogP contribution is -2.49. The number of nitrogens with one attached hydrogen (secondary N) is 2. The van der Waals surface area contributed by atoms with Gasteiger partial charge in [-0.25, -0.2) is 14.6 Å². The van der Waals surface area contributed by atoms with Crippen LogP contribution in [0.3, 0.4) is 0 Å². The lowest BCUT2D eigenvalue weighted by atomic mass is 10.1. The average molecular weight is 466 g/mol. The van der Waals surface area contributed by atoms with Crippen molar-refractivity contribution in [2.75, 3.05) is 58.8 Å². The number of carboxylic acid groups (broad SMARTS) is 1. The maximum Gasteiger partial charge on any atom is 0.326 e. The number of hydrogen-bond donors (Lipinski definition) is 3. The minimum Gasteiger partial charge on any atom is -0.480 e. The number of nitrogens with zero attached hydrogens (tertiary/aromatic N) is 3. The number of ether oxygens (including phenoxy) is 1. The first kappa shape index (κ1) is 28.6. The van der Waals surface area contributed by atoms with Crippen LogP contribution in [0.1, 0.15) is 51.3 Å². The number of aromatic nitrogens is 1. The van der Waals surface area contributed by atoms with Crippen molar-refractivity contribution < 1.29 is 19.4 Å². The van der Waals surface area contributed by atoms with Crippen LogP contribution in [0.5, 0.6) is 0 Å². The van der Waals surface area contributed by atoms with Crippen molar-refractivity contribution in [3.8, 4) is 0 Å². The van der Waals surface area contributed by atoms with E-state index in [9.17, 15) is 14.7 Å². The van der Waals surface area contributed by atoms with E-state index < -0.39 is 12.0 Å². The highest BCUT2D eigenvalue weighted by Crippen LogP contribution is 2.15. The Hall–Kier alpha value is -2.39. The summed E-state index contributed by atoms with van der Waals surface area (Å²) in [5.74, 6) is -0.0627. The second-order valence-electron chi connectivity index (χ2n) is 8.01. The molecule has 0 spiro atoms. The van der Waals surface area contributed by atoms with Gasteiger partial charge < -0.3 is 30.3 Å². The molecule has 9 nitrogen and oxygen atoms in total. The summed E-state index contributed by atoms with van der Waals surface area (Å²) in [6.07, 6.45) is 4.15. The second kappa shape index (κ2) is 16.3. The Bertz CT molecular complexity index is 712. The average Bonchev–Trinajstić information content (AvgIpc) is 2.82. The van der Waals surface area contributed by atoms with Crippen molar-refractivity contribution in [3.63, 3.8) is 0 Å². The van der Waals surface area contributed by atoms with Gasteiger partial charge in [0.05, 0.1) is 6.61 Å². The van der Waals surface area contributed by atoms with E-state index >= 15 is 0 Å². The Morgan fingerprint density at radius 3 is 2.42 bits per heavy atom. The molecule has 0 fully saturated rings. The number of methoxy groups -OCH3 is 1. The summed E-state index contributed by atoms with van der Waals surface area (Å²) in [5, 5.41) is 15.4. The van der Waals surface area contributed by atoms with Crippen molar-refractivity contribution in [1.82, 2.24) is 20.1 Å². The maximum atomic E-state index is 12.3. The summed E-state index contributed by atoms with van der Waals surface area (Å²) >= 11 is 0. The molecule has 3 N–H and O–H groups in total. The molecular weight excluding hydrogens is 422 g/mol. The monoisotopic (exact) mass is 465 g/mol. The third-order valence-corrected chi connectivity index (χ3v) is 5.80. The number of pyridine rings is 1. The molecule has 1 aromatic rings. The number of rotatable bonds is 17. The first-order valence-electron chi connectivity index (χ1n) is 12.1. The number of aryl methyl sites for hydroxylation is 2. The van der Waals surface area contributed by atoms with Crippen LogP contribution in [0.15, 0.2) is 12.1 Å². The number of carbonyl (C=O) groups is 2. The molecule has 0 bridgehead atoms. The smallest absolute Gasteiger partial charge is 0.326 e. The number of anilines is 1. The Kier molecular flexibility index (Phi) is 14.1. The molecule has 1 rings (SSSR count). The van der Waals surface area contributed by atoms with Crippen LogP contribution >= 0.6 is 0 Å². The van der Waals surface area contributed by atoms with E-state index in [1.165, 1.54) is 5.56 Å². The third kappa shape index (κ3) is 10.4. The Labute approximate surface area is 198 Å². The highest BCUT2D eigenvalue weighted by Gasteiger charge is 2.22. The number of unbranched alkanes of at least 4 members (excludes halogenated alkanes) is 1. The van der Waals surface area contributed by atoms with Gasteiger partial charge in [0.25, 0.3) is 0 Å². The first-order chi connectivity index (χ1) is 15.9. The van der Waals surface area contributed by atoms with E-state index in [-0.39, 0.29) is 6.03 Å². The summed E-state index contributed by atoms with van der Waals surface area (Å²) < 4.78 is 5.22. The van der Waals surface area contributed by atoms with Gasteiger partial charge in [-0.1, -0.05) is 13.0 Å². The van der Waals surface area contributed by atoms with E-state index in [1.807, 2.05) is 20.9 Å². The van der Waals surface area contributed by atoms with Crippen LogP contribution in [-0.4, -0.2) is 91.4 Å². The van der Waals surface area contributed by atoms with E-state index in [2.05, 4.69) is 34.6 Å². The topological polar surface area (TPSA) is 107 Å². The maximum absolute atomic E-state index is 12.3. The van der Waals surface area contributed by atoms with Crippen LogP contribution in [-0.2, 0) is 22.4 Å². The molecule has 0 saturated heterocycles. The molecule has 1 heterocycles. The minimum absolute atomic E-state index is 0.335. The summed E-state index contributed by atoms with van der Waals surface area (Å²) in [7, 11) is 3.56. The van der Waals surface area contributed by atoms with Gasteiger partial charge in [-0.3, -0.25) is 0 Å². The lowest BCUT2D eigenvalue weighted by Gasteiger charge is -2.26. The quantitative estimate of drug-likeness (QED) is 0.304. The number of carboxylic acids is 1. The number of amides is 2. The first-order valence-corrected chi connectivity index (χ1v) is 12.1. The van der Waals surface area contributed by atoms with Crippen molar-refractivity contribution >= 4 is 17.8 Å². The van der Waals surface area contributed by atoms with Crippen LogP contribution in [0.2, 0.25) is 0 Å². The van der Waals surface area contributed by atoms with Crippen molar-refractivity contribution in [2.24, 2.45) is 0 Å². The molecule has 33 heavy (non-hydrogen) atoms. The minimum atomic E-state index is -1.01. The van der Waals surface area contributed by atoms with Crippen molar-refractivity contribution in [2.45, 2.75) is 58.9 Å². The summed E-state index contributed by atoms with van der Waals surface area (Å²) in [6.45, 7) is 9.67. The zero-order valence-corrected chi connectivity index (χ0v) is 21.0. The number of carbonyl (C=O) groups excluding carboxylic acids is 1. The summed E-state index contributed by atoms with van der Waals surface area (Å²) in [5.41, 5.74) is 2.29. The fraction of sp³-hybridized carbons (Fsp3) is 0.708. The third-order valence-electron chi connectivity index (χ3n) is 5.80. The van der Waals surface area contributed by atoms with Gasteiger partial charge in [-0.05, 0) is 64.1 Å². The Balaban J connectivity index is 2.57. The molecule has 1 aromatic heterocycles. The zero-order chi connectivity index (χ0) is 24.6. The van der Waals surface area contributed by atoms with Crippen LogP contribution in [0, 0.1) is 0 Å². The van der Waals surface area contributed by atoms with E-state index in [4.69, 9.17) is 9.72 Å². The van der Waals surface area contributed by atoms with Gasteiger partial charge >= 0.3 is 12.0 Å². The molecule has 0 aliphatic heterocycles. The molecule has 1 unspecified atom stereocenters. The molecule has 0 aliphatic carbocycles. The molecule has 9 heteroatoms. The predicted octanol–water partition coefficient (Wildman–Crippen LogP) is 2.85.